The molecule has 0 aromatic heterocycles. The van der Waals surface area contributed by atoms with Crippen molar-refractivity contribution in [2.24, 2.45) is 5.41 Å². The number of hydrogen-bond acceptors (Lipinski definition) is 4. The van der Waals surface area contributed by atoms with Gasteiger partial charge in [-0.15, -0.1) is 0 Å². The molecule has 4 heteroatoms. The summed E-state index contributed by atoms with van der Waals surface area (Å²) in [5.74, 6) is 1.49. The molecule has 2 N–H and O–H groups in total. The molecule has 1 aromatic carbocycles. The van der Waals surface area contributed by atoms with Crippen molar-refractivity contribution in [1.82, 2.24) is 0 Å². The molecular formula is C13H21NO3. The van der Waals surface area contributed by atoms with Gasteiger partial charge in [0.15, 0.2) is 0 Å². The number of ether oxygens (including phenoxy) is 2. The van der Waals surface area contributed by atoms with Crippen molar-refractivity contribution in [1.29, 1.82) is 0 Å². The third-order valence-corrected chi connectivity index (χ3v) is 2.55. The van der Waals surface area contributed by atoms with Crippen LogP contribution in [0.25, 0.3) is 0 Å². The molecule has 0 spiro atoms. The molecule has 1 aromatic rings. The van der Waals surface area contributed by atoms with Crippen LogP contribution in [-0.4, -0.2) is 32.5 Å². The largest absolute Gasteiger partial charge is 0.497 e. The molecule has 0 fully saturated rings. The van der Waals surface area contributed by atoms with E-state index >= 15 is 0 Å². The van der Waals surface area contributed by atoms with Crippen molar-refractivity contribution in [3.8, 4) is 11.5 Å². The van der Waals surface area contributed by atoms with Gasteiger partial charge in [-0.05, 0) is 0 Å². The third-order valence-electron chi connectivity index (χ3n) is 2.55. The lowest BCUT2D eigenvalue weighted by Crippen LogP contribution is -2.26. The van der Waals surface area contributed by atoms with E-state index in [4.69, 9.17) is 9.47 Å². The van der Waals surface area contributed by atoms with Gasteiger partial charge in [0.1, 0.15) is 11.5 Å². The molecule has 0 aliphatic carbocycles. The molecule has 4 nitrogen and oxygen atoms in total. The molecule has 0 atom stereocenters. The summed E-state index contributed by atoms with van der Waals surface area (Å²) in [7, 11) is 3.24. The van der Waals surface area contributed by atoms with E-state index in [0.717, 1.165) is 17.2 Å². The number of anilines is 1. The van der Waals surface area contributed by atoms with Crippen LogP contribution in [0, 0.1) is 5.41 Å². The van der Waals surface area contributed by atoms with E-state index in [2.05, 4.69) is 5.32 Å². The van der Waals surface area contributed by atoms with Crippen LogP contribution in [0.4, 0.5) is 5.69 Å². The Bertz CT molecular complexity index is 341. The highest BCUT2D eigenvalue weighted by molar-refractivity contribution is 5.53. The Morgan fingerprint density at radius 2 is 1.65 bits per heavy atom. The Kier molecular flexibility index (Phi) is 4.63. The molecule has 1 rings (SSSR count). The molecule has 0 bridgehead atoms. The molecule has 0 aliphatic heterocycles. The van der Waals surface area contributed by atoms with Crippen LogP contribution in [0.2, 0.25) is 0 Å². The molecule has 0 radical (unpaired) electrons. The molecule has 0 saturated carbocycles. The summed E-state index contributed by atoms with van der Waals surface area (Å²) in [4.78, 5) is 0. The van der Waals surface area contributed by atoms with Crippen LogP contribution in [0.5, 0.6) is 11.5 Å². The maximum Gasteiger partial charge on any atom is 0.124 e. The molecular weight excluding hydrogens is 218 g/mol. The van der Waals surface area contributed by atoms with E-state index in [0.29, 0.717) is 6.54 Å². The summed E-state index contributed by atoms with van der Waals surface area (Å²) in [6.07, 6.45) is 0. The highest BCUT2D eigenvalue weighted by atomic mass is 16.5. The van der Waals surface area contributed by atoms with Crippen molar-refractivity contribution in [3.63, 3.8) is 0 Å². The van der Waals surface area contributed by atoms with E-state index in [1.165, 1.54) is 0 Å². The second-order valence-corrected chi connectivity index (χ2v) is 4.78. The van der Waals surface area contributed by atoms with Gasteiger partial charge in [0.05, 0.1) is 14.2 Å². The number of rotatable bonds is 6. The smallest absolute Gasteiger partial charge is 0.124 e. The van der Waals surface area contributed by atoms with Crippen LogP contribution in [-0.2, 0) is 0 Å². The van der Waals surface area contributed by atoms with Crippen molar-refractivity contribution in [3.05, 3.63) is 18.2 Å². The zero-order valence-corrected chi connectivity index (χ0v) is 10.9. The zero-order chi connectivity index (χ0) is 12.9. The zero-order valence-electron chi connectivity index (χ0n) is 10.9. The highest BCUT2D eigenvalue weighted by Gasteiger charge is 2.16. The van der Waals surface area contributed by atoms with E-state index < -0.39 is 0 Å². The molecule has 0 aliphatic rings. The molecule has 0 amide bonds. The fourth-order valence-electron chi connectivity index (χ4n) is 1.31. The first-order valence-electron chi connectivity index (χ1n) is 5.58. The number of nitrogens with one attached hydrogen (secondary N) is 1. The van der Waals surface area contributed by atoms with Crippen molar-refractivity contribution in [2.45, 2.75) is 13.8 Å². The lowest BCUT2D eigenvalue weighted by atomic mass is 9.95. The lowest BCUT2D eigenvalue weighted by Gasteiger charge is -2.23. The van der Waals surface area contributed by atoms with Gasteiger partial charge >= 0.3 is 0 Å². The number of hydrogen-bond donors (Lipinski definition) is 2. The van der Waals surface area contributed by atoms with Gasteiger partial charge in [0.25, 0.3) is 0 Å². The molecule has 0 unspecified atom stereocenters. The average molecular weight is 239 g/mol. The summed E-state index contributed by atoms with van der Waals surface area (Å²) in [5.41, 5.74) is 0.763. The third kappa shape index (κ3) is 4.15. The summed E-state index contributed by atoms with van der Waals surface area (Å²) < 4.78 is 10.4. The Morgan fingerprint density at radius 3 is 2.06 bits per heavy atom. The van der Waals surface area contributed by atoms with E-state index in [1.807, 2.05) is 32.0 Å². The molecule has 17 heavy (non-hydrogen) atoms. The Labute approximate surface area is 103 Å². The van der Waals surface area contributed by atoms with Gasteiger partial charge in [-0.3, -0.25) is 0 Å². The number of aliphatic hydroxyl groups excluding tert-OH is 1. The SMILES string of the molecule is COc1cc(NCC(C)(C)CO)cc(OC)c1. The van der Waals surface area contributed by atoms with Gasteiger partial charge in [-0.1, -0.05) is 13.8 Å². The predicted molar refractivity (Wildman–Crippen MR) is 68.9 cm³/mol. The van der Waals surface area contributed by atoms with Crippen LogP contribution < -0.4 is 14.8 Å². The molecule has 0 saturated heterocycles. The number of methoxy groups -OCH3 is 2. The second kappa shape index (κ2) is 5.77. The first-order valence-corrected chi connectivity index (χ1v) is 5.58. The topological polar surface area (TPSA) is 50.7 Å². The van der Waals surface area contributed by atoms with Gasteiger partial charge in [0.2, 0.25) is 0 Å². The normalized spacial score (nSPS) is 11.1. The Hall–Kier alpha value is -1.42. The molecule has 0 heterocycles. The van der Waals surface area contributed by atoms with Crippen molar-refractivity contribution < 1.29 is 14.6 Å². The summed E-state index contributed by atoms with van der Waals surface area (Å²) in [6, 6.07) is 5.62. The van der Waals surface area contributed by atoms with Gasteiger partial charge in [0, 0.05) is 42.5 Å². The van der Waals surface area contributed by atoms with E-state index in [-0.39, 0.29) is 12.0 Å². The predicted octanol–water partition coefficient (Wildman–Crippen LogP) is 2.13. The van der Waals surface area contributed by atoms with Gasteiger partial charge < -0.3 is 19.9 Å². The van der Waals surface area contributed by atoms with Gasteiger partial charge in [-0.25, -0.2) is 0 Å². The quantitative estimate of drug-likeness (QED) is 0.798. The monoisotopic (exact) mass is 239 g/mol. The maximum atomic E-state index is 9.18. The number of benzene rings is 1. The molecule has 96 valence electrons. The van der Waals surface area contributed by atoms with Crippen molar-refractivity contribution in [2.75, 3.05) is 32.7 Å². The first kappa shape index (κ1) is 13.6. The van der Waals surface area contributed by atoms with Crippen LogP contribution in [0.1, 0.15) is 13.8 Å². The lowest BCUT2D eigenvalue weighted by molar-refractivity contribution is 0.171. The highest BCUT2D eigenvalue weighted by Crippen LogP contribution is 2.26. The van der Waals surface area contributed by atoms with Crippen LogP contribution >= 0.6 is 0 Å². The fourth-order valence-corrected chi connectivity index (χ4v) is 1.31. The first-order chi connectivity index (χ1) is 8.00. The fraction of sp³-hybridized carbons (Fsp3) is 0.538. The summed E-state index contributed by atoms with van der Waals surface area (Å²) in [5, 5.41) is 12.4. The van der Waals surface area contributed by atoms with Crippen LogP contribution in [0.3, 0.4) is 0 Å². The average Bonchev–Trinajstić information content (AvgIpc) is 2.36. The minimum atomic E-state index is -0.156. The standard InChI is InChI=1S/C13H21NO3/c1-13(2,9-15)8-14-10-5-11(16-3)7-12(6-10)17-4/h5-7,14-15H,8-9H2,1-4H3. The van der Waals surface area contributed by atoms with Crippen molar-refractivity contribution >= 4 is 5.69 Å². The minimum Gasteiger partial charge on any atom is -0.497 e. The Balaban J connectivity index is 2.76. The number of aliphatic hydroxyl groups is 1. The second-order valence-electron chi connectivity index (χ2n) is 4.78. The summed E-state index contributed by atoms with van der Waals surface area (Å²) >= 11 is 0. The van der Waals surface area contributed by atoms with E-state index in [1.54, 1.807) is 14.2 Å². The summed E-state index contributed by atoms with van der Waals surface area (Å²) in [6.45, 7) is 4.82. The maximum absolute atomic E-state index is 9.18. The van der Waals surface area contributed by atoms with Gasteiger partial charge in [-0.2, -0.15) is 0 Å². The minimum absolute atomic E-state index is 0.140. The Morgan fingerprint density at radius 1 is 1.12 bits per heavy atom. The van der Waals surface area contributed by atoms with E-state index in [9.17, 15) is 5.11 Å². The van der Waals surface area contributed by atoms with Crippen LogP contribution in [0.15, 0.2) is 18.2 Å².